The number of Topliss-reactive ketones (excluding diaryl/α,β-unsaturated/α-hetero) is 1. The molecule has 1 aromatic rings. The van der Waals surface area contributed by atoms with Gasteiger partial charge in [-0.05, 0) is 37.1 Å². The Labute approximate surface area is 243 Å². The Hall–Kier alpha value is -3.12. The van der Waals surface area contributed by atoms with Crippen LogP contribution < -0.4 is 0 Å². The third-order valence-electron chi connectivity index (χ3n) is 10.2. The van der Waals surface area contributed by atoms with Crippen molar-refractivity contribution in [3.05, 3.63) is 47.0 Å². The molecule has 11 heteroatoms. The van der Waals surface area contributed by atoms with Crippen molar-refractivity contribution in [3.63, 3.8) is 0 Å². The van der Waals surface area contributed by atoms with E-state index in [9.17, 15) is 34.5 Å². The topological polar surface area (TPSA) is 166 Å². The van der Waals surface area contributed by atoms with Gasteiger partial charge in [0.05, 0.1) is 35.7 Å². The lowest BCUT2D eigenvalue weighted by Crippen LogP contribution is -2.81. The van der Waals surface area contributed by atoms with Crippen LogP contribution in [0.1, 0.15) is 64.7 Å². The summed E-state index contributed by atoms with van der Waals surface area (Å²) in [6.45, 7) is 8.42. The minimum atomic E-state index is -2.11. The Balaban J connectivity index is 1.84. The van der Waals surface area contributed by atoms with Crippen molar-refractivity contribution in [2.45, 2.75) is 96.1 Å². The zero-order chi connectivity index (χ0) is 31.0. The number of carbonyl (C=O) groups excluding carboxylic acids is 4. The molecule has 3 fully saturated rings. The number of carbonyl (C=O) groups is 4. The monoisotopic (exact) mass is 586 g/mol. The minimum Gasteiger partial charge on any atom is -0.455 e. The van der Waals surface area contributed by atoms with Crippen LogP contribution in [0.25, 0.3) is 0 Å². The zero-order valence-corrected chi connectivity index (χ0v) is 24.6. The van der Waals surface area contributed by atoms with Gasteiger partial charge in [-0.15, -0.1) is 0 Å². The number of fused-ring (bicyclic) bond motifs is 5. The summed E-state index contributed by atoms with van der Waals surface area (Å²) in [6, 6.07) is 8.05. The fourth-order valence-corrected chi connectivity index (χ4v) is 7.91. The lowest BCUT2D eigenvalue weighted by atomic mass is 9.44. The normalized spacial score (nSPS) is 40.4. The van der Waals surface area contributed by atoms with E-state index in [1.807, 2.05) is 0 Å². The molecule has 1 aromatic carbocycles. The van der Waals surface area contributed by atoms with Gasteiger partial charge >= 0.3 is 17.9 Å². The fourth-order valence-electron chi connectivity index (χ4n) is 7.91. The highest BCUT2D eigenvalue weighted by atomic mass is 16.6. The van der Waals surface area contributed by atoms with Crippen LogP contribution in [0.5, 0.6) is 0 Å². The van der Waals surface area contributed by atoms with Crippen LogP contribution in [0.15, 0.2) is 41.5 Å². The van der Waals surface area contributed by atoms with Gasteiger partial charge in [0.2, 0.25) is 0 Å². The summed E-state index contributed by atoms with van der Waals surface area (Å²) in [5, 5.41) is 35.8. The molecule has 2 bridgehead atoms. The highest BCUT2D eigenvalue weighted by Gasteiger charge is 2.78. The first-order chi connectivity index (χ1) is 19.5. The maximum Gasteiger partial charge on any atom is 0.338 e. The quantitative estimate of drug-likeness (QED) is 0.267. The molecule has 228 valence electrons. The number of ether oxygens (including phenoxy) is 4. The van der Waals surface area contributed by atoms with Crippen LogP contribution >= 0.6 is 0 Å². The van der Waals surface area contributed by atoms with Crippen molar-refractivity contribution >= 4 is 23.7 Å². The molecule has 3 aliphatic carbocycles. The van der Waals surface area contributed by atoms with Crippen LogP contribution in [-0.2, 0) is 33.3 Å². The highest BCUT2D eigenvalue weighted by Crippen LogP contribution is 2.64. The first-order valence-corrected chi connectivity index (χ1v) is 14.1. The molecule has 0 spiro atoms. The number of rotatable bonds is 4. The number of aliphatic hydroxyl groups excluding tert-OH is 2. The van der Waals surface area contributed by atoms with E-state index >= 15 is 0 Å². The van der Waals surface area contributed by atoms with Crippen molar-refractivity contribution in [1.29, 1.82) is 0 Å². The number of hydrogen-bond donors (Lipinski definition) is 3. The third kappa shape index (κ3) is 4.08. The largest absolute Gasteiger partial charge is 0.455 e. The van der Waals surface area contributed by atoms with Crippen molar-refractivity contribution in [2.24, 2.45) is 16.7 Å². The molecule has 1 saturated heterocycles. The van der Waals surface area contributed by atoms with Crippen molar-refractivity contribution < 1.29 is 53.4 Å². The molecule has 0 unspecified atom stereocenters. The van der Waals surface area contributed by atoms with E-state index in [0.29, 0.717) is 5.57 Å². The maximum absolute atomic E-state index is 14.8. The molecule has 9 atom stereocenters. The molecule has 5 rings (SSSR count). The average molecular weight is 587 g/mol. The maximum atomic E-state index is 14.8. The molecule has 4 aliphatic rings. The molecular weight excluding hydrogens is 548 g/mol. The predicted molar refractivity (Wildman–Crippen MR) is 145 cm³/mol. The molecule has 3 N–H and O–H groups in total. The second-order valence-electron chi connectivity index (χ2n) is 12.8. The number of hydrogen-bond acceptors (Lipinski definition) is 11. The van der Waals surface area contributed by atoms with Gasteiger partial charge in [-0.25, -0.2) is 4.79 Å². The molecule has 2 saturated carbocycles. The van der Waals surface area contributed by atoms with Gasteiger partial charge in [0.25, 0.3) is 0 Å². The van der Waals surface area contributed by atoms with E-state index in [0.717, 1.165) is 6.92 Å². The summed E-state index contributed by atoms with van der Waals surface area (Å²) in [5.41, 5.74) is -6.38. The zero-order valence-electron chi connectivity index (χ0n) is 24.6. The lowest BCUT2D eigenvalue weighted by Gasteiger charge is -2.67. The van der Waals surface area contributed by atoms with Gasteiger partial charge in [-0.3, -0.25) is 14.4 Å². The first-order valence-electron chi connectivity index (χ1n) is 14.1. The Kier molecular flexibility index (Phi) is 7.20. The van der Waals surface area contributed by atoms with E-state index in [-0.39, 0.29) is 30.6 Å². The summed E-state index contributed by atoms with van der Waals surface area (Å²) >= 11 is 0. The van der Waals surface area contributed by atoms with Gasteiger partial charge in [-0.1, -0.05) is 32.0 Å². The van der Waals surface area contributed by atoms with E-state index in [4.69, 9.17) is 18.9 Å². The van der Waals surface area contributed by atoms with E-state index in [2.05, 4.69) is 0 Å². The number of benzene rings is 1. The van der Waals surface area contributed by atoms with Crippen molar-refractivity contribution in [1.82, 2.24) is 0 Å². The van der Waals surface area contributed by atoms with Crippen LogP contribution in [0.4, 0.5) is 0 Å². The number of esters is 3. The van der Waals surface area contributed by atoms with Crippen LogP contribution in [0.3, 0.4) is 0 Å². The van der Waals surface area contributed by atoms with Gasteiger partial charge in [0.15, 0.2) is 17.5 Å². The molecule has 11 nitrogen and oxygen atoms in total. The minimum absolute atomic E-state index is 0.110. The smallest absolute Gasteiger partial charge is 0.338 e. The molecular formula is C31H38O11. The van der Waals surface area contributed by atoms with E-state index in [1.54, 1.807) is 39.0 Å². The molecule has 42 heavy (non-hydrogen) atoms. The Morgan fingerprint density at radius 2 is 1.64 bits per heavy atom. The summed E-state index contributed by atoms with van der Waals surface area (Å²) in [4.78, 5) is 53.4. The third-order valence-corrected chi connectivity index (χ3v) is 10.2. The van der Waals surface area contributed by atoms with Gasteiger partial charge in [0.1, 0.15) is 17.8 Å². The summed E-state index contributed by atoms with van der Waals surface area (Å²) < 4.78 is 23.5. The average Bonchev–Trinajstić information content (AvgIpc) is 2.90. The highest BCUT2D eigenvalue weighted by molar-refractivity contribution is 5.95. The Morgan fingerprint density at radius 1 is 1.00 bits per heavy atom. The summed E-state index contributed by atoms with van der Waals surface area (Å²) in [7, 11) is 0. The van der Waals surface area contributed by atoms with E-state index < -0.39 is 82.2 Å². The molecule has 1 heterocycles. The number of aliphatic hydroxyl groups is 3. The van der Waals surface area contributed by atoms with Crippen molar-refractivity contribution in [2.75, 3.05) is 6.61 Å². The lowest BCUT2D eigenvalue weighted by molar-refractivity contribution is -0.345. The second-order valence-corrected chi connectivity index (χ2v) is 12.8. The Morgan fingerprint density at radius 3 is 2.19 bits per heavy atom. The standard InChI is InChI=1S/C31H38O11/c1-15-19(34)13-31(38)26(41-27(37)18-10-8-7-9-11-18)24-29(6,20(35)12-21-30(24,14-39-21)42-17(3)33)25(36)23(40-16(2)32)22(15)28(31,4)5/h7-11,19-21,23-24,26,34-35,38H,12-14H2,1-6H3/t19-,20+,21+,23-,24+,26-,29-,30+,31+/m0/s1. The van der Waals surface area contributed by atoms with Crippen molar-refractivity contribution in [3.8, 4) is 0 Å². The van der Waals surface area contributed by atoms with Crippen LogP contribution in [-0.4, -0.2) is 87.3 Å². The first kappa shape index (κ1) is 30.3. The van der Waals surface area contributed by atoms with Gasteiger partial charge in [-0.2, -0.15) is 0 Å². The second kappa shape index (κ2) is 9.97. The predicted octanol–water partition coefficient (Wildman–Crippen LogP) is 1.65. The summed E-state index contributed by atoms with van der Waals surface area (Å²) in [5.74, 6) is -4.41. The molecule has 0 radical (unpaired) electrons. The molecule has 1 aliphatic heterocycles. The number of ketones is 1. The SMILES string of the molecule is CC(=O)O[C@@H]1C(=O)[C@@]2(C)[C@H](O)C[C@H]3OC[C@]3(OC(C)=O)[C@@H]2[C@H](OC(=O)c2ccccc2)[C@]2(O)C[C@H](O)C(C)=C1C2(C)C. The molecule has 0 amide bonds. The fraction of sp³-hybridized carbons (Fsp3) is 0.613. The van der Waals surface area contributed by atoms with Gasteiger partial charge < -0.3 is 34.3 Å². The van der Waals surface area contributed by atoms with Gasteiger partial charge in [0, 0.05) is 32.1 Å². The van der Waals surface area contributed by atoms with Crippen LogP contribution in [0, 0.1) is 16.7 Å². The summed E-state index contributed by atoms with van der Waals surface area (Å²) in [6.07, 6.45) is -7.27. The molecule has 0 aromatic heterocycles. The van der Waals surface area contributed by atoms with Crippen LogP contribution in [0.2, 0.25) is 0 Å². The van der Waals surface area contributed by atoms with E-state index in [1.165, 1.54) is 26.0 Å². The Bertz CT molecular complexity index is 1350.